The van der Waals surface area contributed by atoms with E-state index in [1.807, 2.05) is 6.20 Å². The lowest BCUT2D eigenvalue weighted by Crippen LogP contribution is -2.37. The van der Waals surface area contributed by atoms with Gasteiger partial charge in [-0.05, 0) is 12.8 Å². The molecule has 0 atom stereocenters. The zero-order chi connectivity index (χ0) is 14.1. The number of carboxylic acids is 1. The van der Waals surface area contributed by atoms with Crippen molar-refractivity contribution in [1.82, 2.24) is 15.6 Å². The minimum Gasteiger partial charge on any atom is -0.481 e. The third-order valence-corrected chi connectivity index (χ3v) is 3.63. The second-order valence-corrected chi connectivity index (χ2v) is 5.20. The minimum atomic E-state index is -0.849. The van der Waals surface area contributed by atoms with Gasteiger partial charge in [-0.25, -0.2) is 9.78 Å². The molecule has 6 nitrogen and oxygen atoms in total. The molecule has 2 amide bonds. The number of aryl methyl sites for hydroxylation is 1. The molecule has 1 aromatic heterocycles. The first-order valence-electron chi connectivity index (χ1n) is 6.29. The number of carbonyl (C=O) groups excluding carboxylic acids is 1. The number of rotatable bonds is 8. The predicted octanol–water partition coefficient (Wildman–Crippen LogP) is 1.41. The Morgan fingerprint density at radius 2 is 2.11 bits per heavy atom. The van der Waals surface area contributed by atoms with E-state index in [-0.39, 0.29) is 12.5 Å². The summed E-state index contributed by atoms with van der Waals surface area (Å²) in [6.07, 6.45) is 4.07. The van der Waals surface area contributed by atoms with Crippen LogP contribution in [-0.2, 0) is 17.6 Å². The SMILES string of the molecule is CCc1cnc(CCNC(=O)NCCCC(=O)O)s1. The molecular formula is C12H19N3O3S. The van der Waals surface area contributed by atoms with E-state index in [1.54, 1.807) is 11.3 Å². The summed E-state index contributed by atoms with van der Waals surface area (Å²) in [6.45, 7) is 2.98. The van der Waals surface area contributed by atoms with Gasteiger partial charge < -0.3 is 15.7 Å². The monoisotopic (exact) mass is 285 g/mol. The van der Waals surface area contributed by atoms with Crippen molar-refractivity contribution < 1.29 is 14.7 Å². The van der Waals surface area contributed by atoms with Crippen LogP contribution in [0.4, 0.5) is 4.79 Å². The second kappa shape index (κ2) is 8.47. The van der Waals surface area contributed by atoms with Crippen LogP contribution in [0.3, 0.4) is 0 Å². The molecule has 7 heteroatoms. The maximum Gasteiger partial charge on any atom is 0.314 e. The van der Waals surface area contributed by atoms with Crippen LogP contribution in [-0.4, -0.2) is 35.2 Å². The molecule has 0 spiro atoms. The van der Waals surface area contributed by atoms with Crippen molar-refractivity contribution in [2.45, 2.75) is 32.6 Å². The van der Waals surface area contributed by atoms with E-state index in [2.05, 4.69) is 22.5 Å². The third kappa shape index (κ3) is 6.76. The highest BCUT2D eigenvalue weighted by Gasteiger charge is 2.03. The number of nitrogens with zero attached hydrogens (tertiary/aromatic N) is 1. The van der Waals surface area contributed by atoms with Crippen LogP contribution < -0.4 is 10.6 Å². The largest absolute Gasteiger partial charge is 0.481 e. The normalized spacial score (nSPS) is 10.2. The highest BCUT2D eigenvalue weighted by molar-refractivity contribution is 7.11. The number of nitrogens with one attached hydrogen (secondary N) is 2. The summed E-state index contributed by atoms with van der Waals surface area (Å²) in [5, 5.41) is 14.8. The molecule has 1 aromatic rings. The summed E-state index contributed by atoms with van der Waals surface area (Å²) in [5.41, 5.74) is 0. The summed E-state index contributed by atoms with van der Waals surface area (Å²) in [5.74, 6) is -0.849. The molecule has 3 N–H and O–H groups in total. The van der Waals surface area contributed by atoms with Gasteiger partial charge in [0.25, 0.3) is 0 Å². The highest BCUT2D eigenvalue weighted by Crippen LogP contribution is 2.13. The molecule has 106 valence electrons. The van der Waals surface area contributed by atoms with E-state index in [1.165, 1.54) is 4.88 Å². The van der Waals surface area contributed by atoms with Crippen LogP contribution in [0.25, 0.3) is 0 Å². The first kappa shape index (κ1) is 15.4. The van der Waals surface area contributed by atoms with Crippen LogP contribution in [0.2, 0.25) is 0 Å². The highest BCUT2D eigenvalue weighted by atomic mass is 32.1. The predicted molar refractivity (Wildman–Crippen MR) is 73.5 cm³/mol. The lowest BCUT2D eigenvalue weighted by Gasteiger charge is -2.05. The van der Waals surface area contributed by atoms with Gasteiger partial charge in [0.05, 0.1) is 5.01 Å². The average molecular weight is 285 g/mol. The van der Waals surface area contributed by atoms with Gasteiger partial charge in [0, 0.05) is 37.0 Å². The Balaban J connectivity index is 2.08. The third-order valence-electron chi connectivity index (χ3n) is 2.43. The van der Waals surface area contributed by atoms with Crippen molar-refractivity contribution in [2.24, 2.45) is 0 Å². The Bertz CT molecular complexity index is 420. The number of hydrogen-bond acceptors (Lipinski definition) is 4. The Labute approximate surface area is 116 Å². The number of carbonyl (C=O) groups is 2. The molecule has 1 heterocycles. The van der Waals surface area contributed by atoms with Crippen molar-refractivity contribution in [3.63, 3.8) is 0 Å². The van der Waals surface area contributed by atoms with Gasteiger partial charge in [-0.2, -0.15) is 0 Å². The molecule has 0 unspecified atom stereocenters. The zero-order valence-electron chi connectivity index (χ0n) is 10.9. The molecule has 1 rings (SSSR count). The lowest BCUT2D eigenvalue weighted by molar-refractivity contribution is -0.137. The Morgan fingerprint density at radius 1 is 1.37 bits per heavy atom. The molecule has 0 bridgehead atoms. The molecule has 0 radical (unpaired) electrons. The Hall–Kier alpha value is -1.63. The molecule has 0 fully saturated rings. The smallest absolute Gasteiger partial charge is 0.314 e. The molecule has 19 heavy (non-hydrogen) atoms. The number of aromatic nitrogens is 1. The number of carboxylic acid groups (broad SMARTS) is 1. The quantitative estimate of drug-likeness (QED) is 0.630. The van der Waals surface area contributed by atoms with Crippen LogP contribution in [0.15, 0.2) is 6.20 Å². The number of hydrogen-bond donors (Lipinski definition) is 3. The Morgan fingerprint density at radius 3 is 2.74 bits per heavy atom. The van der Waals surface area contributed by atoms with Gasteiger partial charge in [-0.15, -0.1) is 11.3 Å². The average Bonchev–Trinajstić information content (AvgIpc) is 2.82. The van der Waals surface area contributed by atoms with Crippen LogP contribution in [0.5, 0.6) is 0 Å². The summed E-state index contributed by atoms with van der Waals surface area (Å²) in [7, 11) is 0. The molecule has 0 aromatic carbocycles. The molecule has 0 saturated carbocycles. The van der Waals surface area contributed by atoms with Crippen molar-refractivity contribution in [3.05, 3.63) is 16.1 Å². The van der Waals surface area contributed by atoms with Gasteiger partial charge in [0.15, 0.2) is 0 Å². The fourth-order valence-electron chi connectivity index (χ4n) is 1.41. The first-order valence-corrected chi connectivity index (χ1v) is 7.10. The van der Waals surface area contributed by atoms with Crippen molar-refractivity contribution in [3.8, 4) is 0 Å². The molecule has 0 saturated heterocycles. The van der Waals surface area contributed by atoms with E-state index >= 15 is 0 Å². The number of amides is 2. The van der Waals surface area contributed by atoms with E-state index in [9.17, 15) is 9.59 Å². The molecule has 0 aliphatic heterocycles. The van der Waals surface area contributed by atoms with Crippen LogP contribution >= 0.6 is 11.3 Å². The molecule has 0 aliphatic carbocycles. The minimum absolute atomic E-state index is 0.0686. The van der Waals surface area contributed by atoms with Crippen molar-refractivity contribution in [1.29, 1.82) is 0 Å². The van der Waals surface area contributed by atoms with E-state index in [0.717, 1.165) is 11.4 Å². The fraction of sp³-hybridized carbons (Fsp3) is 0.583. The maximum absolute atomic E-state index is 11.4. The van der Waals surface area contributed by atoms with Crippen molar-refractivity contribution in [2.75, 3.05) is 13.1 Å². The number of urea groups is 1. The molecular weight excluding hydrogens is 266 g/mol. The van der Waals surface area contributed by atoms with Gasteiger partial charge >= 0.3 is 12.0 Å². The number of aliphatic carboxylic acids is 1. The summed E-state index contributed by atoms with van der Waals surface area (Å²) < 4.78 is 0. The van der Waals surface area contributed by atoms with E-state index in [4.69, 9.17) is 5.11 Å². The van der Waals surface area contributed by atoms with E-state index < -0.39 is 5.97 Å². The van der Waals surface area contributed by atoms with Crippen LogP contribution in [0, 0.1) is 0 Å². The lowest BCUT2D eigenvalue weighted by atomic mass is 10.3. The zero-order valence-corrected chi connectivity index (χ0v) is 11.8. The summed E-state index contributed by atoms with van der Waals surface area (Å²) in [6, 6.07) is -0.266. The first-order chi connectivity index (χ1) is 9.11. The number of thiazole rings is 1. The van der Waals surface area contributed by atoms with Crippen molar-refractivity contribution >= 4 is 23.3 Å². The van der Waals surface area contributed by atoms with Crippen LogP contribution in [0.1, 0.15) is 29.7 Å². The standard InChI is InChI=1S/C12H19N3O3S/c1-2-9-8-15-10(19-9)5-7-14-12(18)13-6-3-4-11(16)17/h8H,2-7H2,1H3,(H,16,17)(H2,13,14,18). The van der Waals surface area contributed by atoms with Gasteiger partial charge in [0.1, 0.15) is 0 Å². The Kier molecular flexibility index (Phi) is 6.88. The van der Waals surface area contributed by atoms with Gasteiger partial charge in [-0.3, -0.25) is 4.79 Å². The maximum atomic E-state index is 11.4. The van der Waals surface area contributed by atoms with E-state index in [0.29, 0.717) is 25.9 Å². The summed E-state index contributed by atoms with van der Waals surface area (Å²) >= 11 is 1.66. The molecule has 0 aliphatic rings. The second-order valence-electron chi connectivity index (χ2n) is 4.00. The summed E-state index contributed by atoms with van der Waals surface area (Å²) in [4.78, 5) is 27.1. The fourth-order valence-corrected chi connectivity index (χ4v) is 2.28. The van der Waals surface area contributed by atoms with Gasteiger partial charge in [0.2, 0.25) is 0 Å². The topological polar surface area (TPSA) is 91.3 Å². The van der Waals surface area contributed by atoms with Gasteiger partial charge in [-0.1, -0.05) is 6.92 Å².